The lowest BCUT2D eigenvalue weighted by Gasteiger charge is -2.14. The van der Waals surface area contributed by atoms with Crippen LogP contribution in [0.15, 0.2) is 24.3 Å². The number of hydrogen-bond donors (Lipinski definition) is 0. The zero-order valence-electron chi connectivity index (χ0n) is 8.96. The van der Waals surface area contributed by atoms with Crippen LogP contribution >= 0.6 is 11.6 Å². The molecular weight excluding hydrogens is 196 g/mol. The summed E-state index contributed by atoms with van der Waals surface area (Å²) in [4.78, 5) is 0. The van der Waals surface area contributed by atoms with Crippen molar-refractivity contribution in [3.8, 4) is 5.75 Å². The highest BCUT2D eigenvalue weighted by molar-refractivity contribution is 6.20. The highest BCUT2D eigenvalue weighted by atomic mass is 35.5. The molecule has 0 bridgehead atoms. The van der Waals surface area contributed by atoms with Gasteiger partial charge in [-0.2, -0.15) is 0 Å². The molecule has 0 aliphatic rings. The molecule has 78 valence electrons. The van der Waals surface area contributed by atoms with Gasteiger partial charge in [0, 0.05) is 5.38 Å². The first-order valence-electron chi connectivity index (χ1n) is 4.98. The SMILES string of the molecule is CC(Cl)Cc1ccccc1OC(C)C. The summed E-state index contributed by atoms with van der Waals surface area (Å²) in [5.74, 6) is 0.954. The molecular formula is C12H17ClO. The van der Waals surface area contributed by atoms with E-state index in [1.807, 2.05) is 39.0 Å². The van der Waals surface area contributed by atoms with Crippen LogP contribution in [0.5, 0.6) is 5.75 Å². The Morgan fingerprint density at radius 2 is 1.86 bits per heavy atom. The van der Waals surface area contributed by atoms with Crippen LogP contribution < -0.4 is 4.74 Å². The van der Waals surface area contributed by atoms with Gasteiger partial charge in [0.25, 0.3) is 0 Å². The monoisotopic (exact) mass is 212 g/mol. The number of hydrogen-bond acceptors (Lipinski definition) is 1. The first-order valence-corrected chi connectivity index (χ1v) is 5.42. The highest BCUT2D eigenvalue weighted by Crippen LogP contribution is 2.21. The number of benzene rings is 1. The van der Waals surface area contributed by atoms with Crippen molar-refractivity contribution in [2.24, 2.45) is 0 Å². The maximum absolute atomic E-state index is 5.97. The smallest absolute Gasteiger partial charge is 0.122 e. The Kier molecular flexibility index (Phi) is 4.27. The maximum Gasteiger partial charge on any atom is 0.122 e. The summed E-state index contributed by atoms with van der Waals surface area (Å²) < 4.78 is 5.69. The molecule has 1 rings (SSSR count). The van der Waals surface area contributed by atoms with E-state index >= 15 is 0 Å². The predicted octanol–water partition coefficient (Wildman–Crippen LogP) is 3.64. The quantitative estimate of drug-likeness (QED) is 0.693. The molecule has 1 aromatic rings. The van der Waals surface area contributed by atoms with E-state index < -0.39 is 0 Å². The number of rotatable bonds is 4. The summed E-state index contributed by atoms with van der Waals surface area (Å²) in [6.07, 6.45) is 1.06. The zero-order chi connectivity index (χ0) is 10.6. The van der Waals surface area contributed by atoms with Gasteiger partial charge >= 0.3 is 0 Å². The van der Waals surface area contributed by atoms with Crippen molar-refractivity contribution in [3.63, 3.8) is 0 Å². The van der Waals surface area contributed by atoms with E-state index in [4.69, 9.17) is 16.3 Å². The minimum Gasteiger partial charge on any atom is -0.491 e. The molecule has 1 atom stereocenters. The van der Waals surface area contributed by atoms with Crippen LogP contribution in [0, 0.1) is 0 Å². The van der Waals surface area contributed by atoms with Crippen LogP contribution in [0.2, 0.25) is 0 Å². The summed E-state index contributed by atoms with van der Waals surface area (Å²) in [5.41, 5.74) is 1.18. The van der Waals surface area contributed by atoms with Crippen LogP contribution in [0.3, 0.4) is 0 Å². The molecule has 0 N–H and O–H groups in total. The minimum atomic E-state index is 0.145. The molecule has 1 aromatic carbocycles. The second-order valence-corrected chi connectivity index (χ2v) is 4.50. The summed E-state index contributed by atoms with van der Waals surface area (Å²) in [5, 5.41) is 0.145. The molecule has 0 aliphatic carbocycles. The standard InChI is InChI=1S/C12H17ClO/c1-9(2)14-12-7-5-4-6-11(12)8-10(3)13/h4-7,9-10H,8H2,1-3H3. The van der Waals surface area contributed by atoms with Gasteiger partial charge in [-0.3, -0.25) is 0 Å². The van der Waals surface area contributed by atoms with Crippen molar-refractivity contribution in [3.05, 3.63) is 29.8 Å². The Morgan fingerprint density at radius 1 is 1.21 bits per heavy atom. The van der Waals surface area contributed by atoms with Gasteiger partial charge in [-0.25, -0.2) is 0 Å². The molecule has 14 heavy (non-hydrogen) atoms. The summed E-state index contributed by atoms with van der Waals surface area (Å²) in [7, 11) is 0. The molecule has 0 saturated carbocycles. The van der Waals surface area contributed by atoms with Gasteiger partial charge in [0.1, 0.15) is 5.75 Å². The van der Waals surface area contributed by atoms with Crippen LogP contribution in [-0.4, -0.2) is 11.5 Å². The maximum atomic E-state index is 5.97. The van der Waals surface area contributed by atoms with Crippen molar-refractivity contribution in [1.82, 2.24) is 0 Å². The fourth-order valence-corrected chi connectivity index (χ4v) is 1.51. The van der Waals surface area contributed by atoms with E-state index in [9.17, 15) is 0 Å². The fourth-order valence-electron chi connectivity index (χ4n) is 1.34. The van der Waals surface area contributed by atoms with Gasteiger partial charge in [0.15, 0.2) is 0 Å². The number of halogens is 1. The predicted molar refractivity (Wildman–Crippen MR) is 61.2 cm³/mol. The van der Waals surface area contributed by atoms with Crippen LogP contribution in [0.25, 0.3) is 0 Å². The molecule has 0 spiro atoms. The van der Waals surface area contributed by atoms with Gasteiger partial charge in [0.2, 0.25) is 0 Å². The van der Waals surface area contributed by atoms with Crippen molar-refractivity contribution in [2.45, 2.75) is 38.7 Å². The van der Waals surface area contributed by atoms with Crippen molar-refractivity contribution >= 4 is 11.6 Å². The first kappa shape index (κ1) is 11.4. The summed E-state index contributed by atoms with van der Waals surface area (Å²) in [6.45, 7) is 6.05. The van der Waals surface area contributed by atoms with Gasteiger partial charge in [-0.05, 0) is 38.8 Å². The Morgan fingerprint density at radius 3 is 2.43 bits per heavy atom. The normalized spacial score (nSPS) is 12.9. The molecule has 0 amide bonds. The van der Waals surface area contributed by atoms with Gasteiger partial charge in [-0.15, -0.1) is 11.6 Å². The van der Waals surface area contributed by atoms with Crippen molar-refractivity contribution < 1.29 is 4.74 Å². The van der Waals surface area contributed by atoms with E-state index in [-0.39, 0.29) is 11.5 Å². The van der Waals surface area contributed by atoms with Gasteiger partial charge in [-0.1, -0.05) is 18.2 Å². The van der Waals surface area contributed by atoms with Crippen molar-refractivity contribution in [1.29, 1.82) is 0 Å². The molecule has 0 aromatic heterocycles. The third kappa shape index (κ3) is 3.59. The Hall–Kier alpha value is -0.690. The Bertz CT molecular complexity index is 252. The van der Waals surface area contributed by atoms with Gasteiger partial charge in [0.05, 0.1) is 6.10 Å². The zero-order valence-corrected chi connectivity index (χ0v) is 9.71. The molecule has 0 heterocycles. The summed E-state index contributed by atoms with van der Waals surface area (Å²) >= 11 is 5.97. The third-order valence-corrected chi connectivity index (χ3v) is 1.99. The van der Waals surface area contributed by atoms with Gasteiger partial charge < -0.3 is 4.74 Å². The molecule has 0 aliphatic heterocycles. The second-order valence-electron chi connectivity index (χ2n) is 3.76. The minimum absolute atomic E-state index is 0.145. The Labute approximate surface area is 91.0 Å². The average molecular weight is 213 g/mol. The molecule has 0 saturated heterocycles. The van der Waals surface area contributed by atoms with E-state index in [2.05, 4.69) is 6.07 Å². The largest absolute Gasteiger partial charge is 0.491 e. The second kappa shape index (κ2) is 5.26. The third-order valence-electron chi connectivity index (χ3n) is 1.84. The number of alkyl halides is 1. The molecule has 0 fully saturated rings. The van der Waals surface area contributed by atoms with E-state index in [1.54, 1.807) is 0 Å². The van der Waals surface area contributed by atoms with Crippen LogP contribution in [0.4, 0.5) is 0 Å². The van der Waals surface area contributed by atoms with Crippen LogP contribution in [0.1, 0.15) is 26.3 Å². The molecule has 1 nitrogen and oxygen atoms in total. The van der Waals surface area contributed by atoms with Crippen LogP contribution in [-0.2, 0) is 6.42 Å². The lowest BCUT2D eigenvalue weighted by atomic mass is 10.1. The topological polar surface area (TPSA) is 9.23 Å². The lowest BCUT2D eigenvalue weighted by Crippen LogP contribution is -2.08. The summed E-state index contributed by atoms with van der Waals surface area (Å²) in [6, 6.07) is 8.06. The first-order chi connectivity index (χ1) is 6.59. The van der Waals surface area contributed by atoms with E-state index in [0.29, 0.717) is 0 Å². The van der Waals surface area contributed by atoms with Crippen molar-refractivity contribution in [2.75, 3.05) is 0 Å². The fraction of sp³-hybridized carbons (Fsp3) is 0.500. The Balaban J connectivity index is 2.80. The highest BCUT2D eigenvalue weighted by Gasteiger charge is 2.07. The average Bonchev–Trinajstić information content (AvgIpc) is 2.06. The lowest BCUT2D eigenvalue weighted by molar-refractivity contribution is 0.240. The van der Waals surface area contributed by atoms with E-state index in [0.717, 1.165) is 12.2 Å². The number of para-hydroxylation sites is 1. The molecule has 0 radical (unpaired) electrons. The number of ether oxygens (including phenoxy) is 1. The molecule has 2 heteroatoms. The van der Waals surface area contributed by atoms with E-state index in [1.165, 1.54) is 5.56 Å². The molecule has 1 unspecified atom stereocenters.